The SMILES string of the molecule is CCc1ccc(CC2S/C(=C(/C#N)C(=O)NC)N(c3ccc(C)cc3)C2=O)cc1. The Bertz CT molecular complexity index is 988. The number of benzene rings is 2. The third kappa shape index (κ3) is 4.36. The van der Waals surface area contributed by atoms with Crippen molar-refractivity contribution in [2.45, 2.75) is 31.9 Å². The molecule has 148 valence electrons. The van der Waals surface area contributed by atoms with E-state index in [0.29, 0.717) is 17.1 Å². The van der Waals surface area contributed by atoms with Gasteiger partial charge in [0.2, 0.25) is 5.91 Å². The van der Waals surface area contributed by atoms with Crippen LogP contribution in [0.2, 0.25) is 0 Å². The van der Waals surface area contributed by atoms with Crippen LogP contribution in [0.5, 0.6) is 0 Å². The fourth-order valence-corrected chi connectivity index (χ4v) is 4.47. The van der Waals surface area contributed by atoms with Gasteiger partial charge < -0.3 is 5.32 Å². The van der Waals surface area contributed by atoms with Gasteiger partial charge in [0.15, 0.2) is 0 Å². The van der Waals surface area contributed by atoms with Gasteiger partial charge in [-0.25, -0.2) is 0 Å². The van der Waals surface area contributed by atoms with Crippen LogP contribution in [0.25, 0.3) is 0 Å². The van der Waals surface area contributed by atoms with Gasteiger partial charge in [-0.3, -0.25) is 14.5 Å². The van der Waals surface area contributed by atoms with Crippen molar-refractivity contribution < 1.29 is 9.59 Å². The third-order valence-corrected chi connectivity index (χ3v) is 6.14. The summed E-state index contributed by atoms with van der Waals surface area (Å²) in [5, 5.41) is 12.1. The van der Waals surface area contributed by atoms with Crippen molar-refractivity contribution in [2.24, 2.45) is 0 Å². The van der Waals surface area contributed by atoms with E-state index in [1.165, 1.54) is 29.3 Å². The summed E-state index contributed by atoms with van der Waals surface area (Å²) in [5.41, 5.74) is 3.97. The second kappa shape index (κ2) is 8.97. The zero-order valence-corrected chi connectivity index (χ0v) is 17.5. The molecule has 0 spiro atoms. The highest BCUT2D eigenvalue weighted by atomic mass is 32.2. The maximum absolute atomic E-state index is 13.3. The van der Waals surface area contributed by atoms with E-state index in [0.717, 1.165) is 17.5 Å². The summed E-state index contributed by atoms with van der Waals surface area (Å²) in [7, 11) is 1.48. The quantitative estimate of drug-likeness (QED) is 0.608. The molecule has 0 aliphatic carbocycles. The number of carbonyl (C=O) groups excluding carboxylic acids is 2. The standard InChI is InChI=1S/C23H23N3O2S/c1-4-16-7-9-17(10-8-16)13-20-22(28)26(18-11-5-15(2)6-12-18)23(29-20)19(14-24)21(27)25-3/h5-12,20H,4,13H2,1-3H3,(H,25,27)/b23-19-. The lowest BCUT2D eigenvalue weighted by Crippen LogP contribution is -2.31. The van der Waals surface area contributed by atoms with Crippen LogP contribution in [0.4, 0.5) is 5.69 Å². The monoisotopic (exact) mass is 405 g/mol. The van der Waals surface area contributed by atoms with Gasteiger partial charge in [0, 0.05) is 12.7 Å². The highest BCUT2D eigenvalue weighted by Crippen LogP contribution is 2.41. The van der Waals surface area contributed by atoms with E-state index in [-0.39, 0.29) is 11.5 Å². The molecule has 3 rings (SSSR count). The van der Waals surface area contributed by atoms with E-state index in [4.69, 9.17) is 0 Å². The first-order chi connectivity index (χ1) is 14.0. The first-order valence-electron chi connectivity index (χ1n) is 9.50. The van der Waals surface area contributed by atoms with Crippen molar-refractivity contribution in [2.75, 3.05) is 11.9 Å². The van der Waals surface area contributed by atoms with Crippen LogP contribution in [0, 0.1) is 18.3 Å². The number of likely N-dealkylation sites (N-methyl/N-ethyl adjacent to an activating group) is 1. The zero-order chi connectivity index (χ0) is 21.0. The topological polar surface area (TPSA) is 73.2 Å². The van der Waals surface area contributed by atoms with Gasteiger partial charge in [0.1, 0.15) is 16.7 Å². The second-order valence-corrected chi connectivity index (χ2v) is 8.05. The zero-order valence-electron chi connectivity index (χ0n) is 16.7. The van der Waals surface area contributed by atoms with Gasteiger partial charge in [-0.05, 0) is 43.0 Å². The fourth-order valence-electron chi connectivity index (χ4n) is 3.17. The van der Waals surface area contributed by atoms with Crippen LogP contribution < -0.4 is 10.2 Å². The largest absolute Gasteiger partial charge is 0.354 e. The summed E-state index contributed by atoms with van der Waals surface area (Å²) in [6.07, 6.45) is 1.49. The number of nitrogens with zero attached hydrogens (tertiary/aromatic N) is 2. The Labute approximate surface area is 175 Å². The average molecular weight is 406 g/mol. The molecule has 0 radical (unpaired) electrons. The molecule has 2 aromatic carbocycles. The summed E-state index contributed by atoms with van der Waals surface area (Å²) in [6, 6.07) is 17.7. The molecule has 2 amide bonds. The average Bonchev–Trinajstić information content (AvgIpc) is 3.05. The summed E-state index contributed by atoms with van der Waals surface area (Å²) in [6.45, 7) is 4.07. The van der Waals surface area contributed by atoms with Crippen LogP contribution in [-0.4, -0.2) is 24.1 Å². The van der Waals surface area contributed by atoms with Crippen LogP contribution in [0.15, 0.2) is 59.1 Å². The van der Waals surface area contributed by atoms with Crippen molar-refractivity contribution >= 4 is 29.3 Å². The molecule has 6 heteroatoms. The van der Waals surface area contributed by atoms with Crippen LogP contribution in [0.1, 0.15) is 23.6 Å². The molecule has 1 N–H and O–H groups in total. The first kappa shape index (κ1) is 20.7. The lowest BCUT2D eigenvalue weighted by atomic mass is 10.1. The van der Waals surface area contributed by atoms with Crippen molar-refractivity contribution in [1.29, 1.82) is 5.26 Å². The number of nitrogens with one attached hydrogen (secondary N) is 1. The van der Waals surface area contributed by atoms with E-state index < -0.39 is 11.2 Å². The van der Waals surface area contributed by atoms with E-state index in [2.05, 4.69) is 24.4 Å². The second-order valence-electron chi connectivity index (χ2n) is 6.86. The molecule has 0 aromatic heterocycles. The number of aryl methyl sites for hydroxylation is 2. The van der Waals surface area contributed by atoms with Crippen LogP contribution >= 0.6 is 11.8 Å². The molecule has 5 nitrogen and oxygen atoms in total. The molecule has 2 aromatic rings. The summed E-state index contributed by atoms with van der Waals surface area (Å²) in [5.74, 6) is -0.613. The summed E-state index contributed by atoms with van der Waals surface area (Å²) < 4.78 is 0. The molecule has 1 fully saturated rings. The molecule has 1 saturated heterocycles. The minimum Gasteiger partial charge on any atom is -0.354 e. The van der Waals surface area contributed by atoms with Gasteiger partial charge >= 0.3 is 0 Å². The van der Waals surface area contributed by atoms with E-state index in [1.807, 2.05) is 49.4 Å². The summed E-state index contributed by atoms with van der Waals surface area (Å²) in [4.78, 5) is 27.1. The molecule has 1 unspecified atom stereocenters. The lowest BCUT2D eigenvalue weighted by Gasteiger charge is -2.18. The number of thioether (sulfide) groups is 1. The number of hydrogen-bond donors (Lipinski definition) is 1. The Hall–Kier alpha value is -3.04. The maximum atomic E-state index is 13.3. The van der Waals surface area contributed by atoms with Crippen molar-refractivity contribution in [3.05, 3.63) is 75.8 Å². The number of hydrogen-bond acceptors (Lipinski definition) is 4. The molecular formula is C23H23N3O2S. The Balaban J connectivity index is 2.00. The van der Waals surface area contributed by atoms with E-state index in [1.54, 1.807) is 0 Å². The van der Waals surface area contributed by atoms with Crippen molar-refractivity contribution in [3.8, 4) is 6.07 Å². The molecular weight excluding hydrogens is 382 g/mol. The Morgan fingerprint density at radius 1 is 1.14 bits per heavy atom. The van der Waals surface area contributed by atoms with Gasteiger partial charge in [-0.2, -0.15) is 5.26 Å². The molecule has 1 heterocycles. The predicted octanol–water partition coefficient (Wildman–Crippen LogP) is 3.73. The third-order valence-electron chi connectivity index (χ3n) is 4.88. The van der Waals surface area contributed by atoms with Gasteiger partial charge in [-0.15, -0.1) is 0 Å². The Morgan fingerprint density at radius 3 is 2.31 bits per heavy atom. The number of amides is 2. The molecule has 0 saturated carbocycles. The normalized spacial score (nSPS) is 17.8. The van der Waals surface area contributed by atoms with Crippen LogP contribution in [-0.2, 0) is 22.4 Å². The molecule has 0 bridgehead atoms. The molecule has 1 aliphatic rings. The minimum absolute atomic E-state index is 0.0461. The number of rotatable bonds is 5. The number of carbonyl (C=O) groups is 2. The first-order valence-corrected chi connectivity index (χ1v) is 10.4. The predicted molar refractivity (Wildman–Crippen MR) is 116 cm³/mol. The summed E-state index contributed by atoms with van der Waals surface area (Å²) >= 11 is 1.28. The van der Waals surface area contributed by atoms with E-state index >= 15 is 0 Å². The Morgan fingerprint density at radius 2 is 1.76 bits per heavy atom. The molecule has 1 atom stereocenters. The van der Waals surface area contributed by atoms with Crippen molar-refractivity contribution in [3.63, 3.8) is 0 Å². The highest BCUT2D eigenvalue weighted by Gasteiger charge is 2.40. The van der Waals surface area contributed by atoms with Gasteiger partial charge in [0.25, 0.3) is 5.91 Å². The fraction of sp³-hybridized carbons (Fsp3) is 0.261. The number of anilines is 1. The molecule has 29 heavy (non-hydrogen) atoms. The maximum Gasteiger partial charge on any atom is 0.264 e. The molecule has 1 aliphatic heterocycles. The van der Waals surface area contributed by atoms with E-state index in [9.17, 15) is 14.9 Å². The van der Waals surface area contributed by atoms with Crippen LogP contribution in [0.3, 0.4) is 0 Å². The Kier molecular flexibility index (Phi) is 6.40. The number of nitriles is 1. The van der Waals surface area contributed by atoms with Gasteiger partial charge in [0.05, 0.1) is 5.25 Å². The van der Waals surface area contributed by atoms with Crippen molar-refractivity contribution in [1.82, 2.24) is 5.32 Å². The smallest absolute Gasteiger partial charge is 0.264 e. The van der Waals surface area contributed by atoms with Gasteiger partial charge in [-0.1, -0.05) is 60.6 Å². The minimum atomic E-state index is -0.493. The highest BCUT2D eigenvalue weighted by molar-refractivity contribution is 8.05. The lowest BCUT2D eigenvalue weighted by molar-refractivity contribution is -0.117.